The van der Waals surface area contributed by atoms with Gasteiger partial charge >= 0.3 is 6.03 Å². The van der Waals surface area contributed by atoms with Gasteiger partial charge in [0.25, 0.3) is 5.91 Å². The van der Waals surface area contributed by atoms with Crippen LogP contribution in [0.1, 0.15) is 38.3 Å². The Bertz CT molecular complexity index is 932. The number of nitrogens with one attached hydrogen (secondary N) is 2. The predicted octanol–water partition coefficient (Wildman–Crippen LogP) is 2.34. The molecule has 2 N–H and O–H groups in total. The van der Waals surface area contributed by atoms with Crippen LogP contribution >= 0.6 is 0 Å². The number of carbonyl (C=O) groups is 3. The molecule has 8 heteroatoms. The maximum absolute atomic E-state index is 13.1. The van der Waals surface area contributed by atoms with E-state index in [1.807, 2.05) is 39.0 Å². The highest BCUT2D eigenvalue weighted by molar-refractivity contribution is 6.09. The molecule has 1 aromatic carbocycles. The summed E-state index contributed by atoms with van der Waals surface area (Å²) in [5.74, 6) is -0.434. The third-order valence-electron chi connectivity index (χ3n) is 4.95. The predicted molar refractivity (Wildman–Crippen MR) is 111 cm³/mol. The van der Waals surface area contributed by atoms with Crippen molar-refractivity contribution in [3.05, 3.63) is 59.8 Å². The number of benzene rings is 1. The van der Waals surface area contributed by atoms with Crippen LogP contribution in [-0.4, -0.2) is 40.4 Å². The average Bonchev–Trinajstić information content (AvgIpc) is 2.98. The first-order valence-electron chi connectivity index (χ1n) is 9.94. The number of imide groups is 1. The number of carbonyl (C=O) groups excluding carboxylic acids is 3. The average molecular weight is 410 g/mol. The van der Waals surface area contributed by atoms with Crippen molar-refractivity contribution < 1.29 is 19.1 Å². The Hall–Kier alpha value is -3.42. The molecule has 1 atom stereocenters. The van der Waals surface area contributed by atoms with Crippen molar-refractivity contribution in [1.82, 2.24) is 20.5 Å². The minimum absolute atomic E-state index is 0.0552. The van der Waals surface area contributed by atoms with Gasteiger partial charge in [-0.1, -0.05) is 43.3 Å². The molecule has 3 rings (SSSR count). The minimum Gasteiger partial charge on any atom is -0.475 e. The van der Waals surface area contributed by atoms with E-state index < -0.39 is 23.4 Å². The van der Waals surface area contributed by atoms with E-state index in [-0.39, 0.29) is 19.2 Å². The fourth-order valence-corrected chi connectivity index (χ4v) is 3.41. The number of nitrogens with zero attached hydrogens (tertiary/aromatic N) is 2. The third-order valence-corrected chi connectivity index (χ3v) is 4.95. The van der Waals surface area contributed by atoms with Crippen molar-refractivity contribution in [3.63, 3.8) is 0 Å². The lowest BCUT2D eigenvalue weighted by atomic mass is 9.87. The fourth-order valence-electron chi connectivity index (χ4n) is 3.41. The van der Waals surface area contributed by atoms with Gasteiger partial charge in [-0.3, -0.25) is 14.5 Å². The van der Waals surface area contributed by atoms with Crippen LogP contribution < -0.4 is 15.4 Å². The second kappa shape index (κ2) is 8.94. The van der Waals surface area contributed by atoms with Crippen LogP contribution in [0.5, 0.6) is 5.88 Å². The Morgan fingerprint density at radius 3 is 2.60 bits per heavy atom. The van der Waals surface area contributed by atoms with Crippen molar-refractivity contribution in [2.45, 2.75) is 45.4 Å². The highest BCUT2D eigenvalue weighted by Crippen LogP contribution is 2.32. The van der Waals surface area contributed by atoms with Crippen molar-refractivity contribution in [2.75, 3.05) is 6.54 Å². The lowest BCUT2D eigenvalue weighted by Crippen LogP contribution is -2.44. The number of rotatable bonds is 8. The van der Waals surface area contributed by atoms with Gasteiger partial charge in [-0.15, -0.1) is 0 Å². The monoisotopic (exact) mass is 410 g/mol. The molecule has 8 nitrogen and oxygen atoms in total. The standard InChI is InChI=1S/C22H26N4O4/c1-4-22(17-10-6-5-7-11-17)20(28)26(21(29)25-22)14-18(27)24-13-16-9-8-12-23-19(16)30-15(2)3/h5-12,15H,4,13-14H2,1-3H3,(H,24,27)(H,25,29). The maximum Gasteiger partial charge on any atom is 0.325 e. The summed E-state index contributed by atoms with van der Waals surface area (Å²) in [5.41, 5.74) is 0.254. The summed E-state index contributed by atoms with van der Waals surface area (Å²) in [6, 6.07) is 12.0. The molecule has 2 aromatic rings. The number of ether oxygens (including phenoxy) is 1. The Labute approximate surface area is 175 Å². The van der Waals surface area contributed by atoms with Gasteiger partial charge in [-0.2, -0.15) is 0 Å². The molecule has 158 valence electrons. The van der Waals surface area contributed by atoms with Crippen LogP contribution in [0.3, 0.4) is 0 Å². The summed E-state index contributed by atoms with van der Waals surface area (Å²) in [4.78, 5) is 43.2. The Morgan fingerprint density at radius 1 is 1.20 bits per heavy atom. The summed E-state index contributed by atoms with van der Waals surface area (Å²) in [6.45, 7) is 5.42. The zero-order valence-electron chi connectivity index (χ0n) is 17.3. The van der Waals surface area contributed by atoms with Crippen LogP contribution in [0, 0.1) is 0 Å². The molecule has 4 amide bonds. The summed E-state index contributed by atoms with van der Waals surface area (Å²) < 4.78 is 5.64. The normalized spacial score (nSPS) is 18.5. The van der Waals surface area contributed by atoms with Gasteiger partial charge in [0.05, 0.1) is 6.10 Å². The smallest absolute Gasteiger partial charge is 0.325 e. The fraction of sp³-hybridized carbons (Fsp3) is 0.364. The van der Waals surface area contributed by atoms with Gasteiger partial charge < -0.3 is 15.4 Å². The van der Waals surface area contributed by atoms with Gasteiger partial charge in [0, 0.05) is 18.3 Å². The van der Waals surface area contributed by atoms with Gasteiger partial charge in [-0.25, -0.2) is 9.78 Å². The molecule has 0 radical (unpaired) electrons. The van der Waals surface area contributed by atoms with Crippen LogP contribution in [0.4, 0.5) is 4.79 Å². The molecule has 1 aliphatic heterocycles. The zero-order chi connectivity index (χ0) is 21.7. The second-order valence-electron chi connectivity index (χ2n) is 7.36. The Balaban J connectivity index is 1.68. The number of amides is 4. The lowest BCUT2D eigenvalue weighted by molar-refractivity contribution is -0.135. The van der Waals surface area contributed by atoms with E-state index in [1.54, 1.807) is 30.5 Å². The Morgan fingerprint density at radius 2 is 1.93 bits per heavy atom. The van der Waals surface area contributed by atoms with E-state index in [0.717, 1.165) is 4.90 Å². The first kappa shape index (κ1) is 21.3. The topological polar surface area (TPSA) is 101 Å². The molecule has 0 aliphatic carbocycles. The van der Waals surface area contributed by atoms with E-state index in [9.17, 15) is 14.4 Å². The quantitative estimate of drug-likeness (QED) is 0.651. The number of aromatic nitrogens is 1. The maximum atomic E-state index is 13.1. The number of urea groups is 1. The SMILES string of the molecule is CCC1(c2ccccc2)NC(=O)N(CC(=O)NCc2cccnc2OC(C)C)C1=O. The Kier molecular flexibility index (Phi) is 6.34. The van der Waals surface area contributed by atoms with Crippen molar-refractivity contribution >= 4 is 17.8 Å². The van der Waals surface area contributed by atoms with Crippen molar-refractivity contribution in [2.24, 2.45) is 0 Å². The molecule has 1 fully saturated rings. The third kappa shape index (κ3) is 4.27. The molecule has 30 heavy (non-hydrogen) atoms. The number of hydrogen-bond acceptors (Lipinski definition) is 5. The molecule has 1 saturated heterocycles. The molecule has 1 unspecified atom stereocenters. The van der Waals surface area contributed by atoms with Gasteiger partial charge in [0.2, 0.25) is 11.8 Å². The van der Waals surface area contributed by atoms with Gasteiger partial charge in [0.15, 0.2) is 0 Å². The largest absolute Gasteiger partial charge is 0.475 e. The first-order valence-corrected chi connectivity index (χ1v) is 9.94. The highest BCUT2D eigenvalue weighted by Gasteiger charge is 2.51. The summed E-state index contributed by atoms with van der Waals surface area (Å²) in [7, 11) is 0. The minimum atomic E-state index is -1.15. The molecular weight excluding hydrogens is 384 g/mol. The van der Waals surface area contributed by atoms with Crippen LogP contribution in [0.15, 0.2) is 48.7 Å². The first-order chi connectivity index (χ1) is 14.4. The molecule has 0 spiro atoms. The summed E-state index contributed by atoms with van der Waals surface area (Å²) in [6.07, 6.45) is 1.94. The van der Waals surface area contributed by atoms with Crippen LogP contribution in [-0.2, 0) is 21.7 Å². The molecule has 0 saturated carbocycles. The molecule has 1 aliphatic rings. The van der Waals surface area contributed by atoms with Gasteiger partial charge in [0.1, 0.15) is 12.1 Å². The molecule has 1 aromatic heterocycles. The number of hydrogen-bond donors (Lipinski definition) is 2. The molecule has 2 heterocycles. The second-order valence-corrected chi connectivity index (χ2v) is 7.36. The summed E-state index contributed by atoms with van der Waals surface area (Å²) >= 11 is 0. The number of pyridine rings is 1. The van der Waals surface area contributed by atoms with Crippen molar-refractivity contribution in [3.8, 4) is 5.88 Å². The van der Waals surface area contributed by atoms with E-state index >= 15 is 0 Å². The molecular formula is C22H26N4O4. The van der Waals surface area contributed by atoms with Crippen LogP contribution in [0.2, 0.25) is 0 Å². The highest BCUT2D eigenvalue weighted by atomic mass is 16.5. The van der Waals surface area contributed by atoms with E-state index in [2.05, 4.69) is 15.6 Å². The molecule has 0 bridgehead atoms. The van der Waals surface area contributed by atoms with Crippen LogP contribution in [0.25, 0.3) is 0 Å². The van der Waals surface area contributed by atoms with Gasteiger partial charge in [-0.05, 0) is 31.9 Å². The summed E-state index contributed by atoms with van der Waals surface area (Å²) in [5, 5.41) is 5.50. The van der Waals surface area contributed by atoms with E-state index in [0.29, 0.717) is 23.4 Å². The van der Waals surface area contributed by atoms with Crippen molar-refractivity contribution in [1.29, 1.82) is 0 Å². The van der Waals surface area contributed by atoms with E-state index in [1.165, 1.54) is 0 Å². The zero-order valence-corrected chi connectivity index (χ0v) is 17.3. The van der Waals surface area contributed by atoms with E-state index in [4.69, 9.17) is 4.74 Å². The lowest BCUT2D eigenvalue weighted by Gasteiger charge is -2.25.